The van der Waals surface area contributed by atoms with E-state index >= 15 is 0 Å². The average molecular weight is 256 g/mol. The van der Waals surface area contributed by atoms with Crippen LogP contribution in [0.4, 0.5) is 0 Å². The van der Waals surface area contributed by atoms with Gasteiger partial charge < -0.3 is 15.3 Å². The summed E-state index contributed by atoms with van der Waals surface area (Å²) in [6.07, 6.45) is 9.35. The van der Waals surface area contributed by atoms with Crippen molar-refractivity contribution in [3.63, 3.8) is 0 Å². The molecular weight excluding hydrogens is 224 g/mol. The minimum absolute atomic E-state index is 0.105. The van der Waals surface area contributed by atoms with Crippen molar-refractivity contribution < 1.29 is 5.11 Å². The first-order valence-corrected chi connectivity index (χ1v) is 7.58. The van der Waals surface area contributed by atoms with Crippen LogP contribution in [0.25, 0.3) is 0 Å². The number of hydrogen-bond acceptors (Lipinski definition) is 3. The highest BCUT2D eigenvalue weighted by Crippen LogP contribution is 2.24. The second-order valence-electron chi connectivity index (χ2n) is 6.34. The monoisotopic (exact) mass is 256 g/mol. The fraction of sp³-hybridized carbons (Fsp3) is 1.00. The largest absolute Gasteiger partial charge is 0.394 e. The SMILES string of the molecule is CNC(C)(CO)CCCN(C)CC1CCCCC1. The van der Waals surface area contributed by atoms with Crippen LogP contribution in [0.5, 0.6) is 0 Å². The average Bonchev–Trinajstić information content (AvgIpc) is 2.39. The minimum Gasteiger partial charge on any atom is -0.394 e. The highest BCUT2D eigenvalue weighted by Gasteiger charge is 2.20. The summed E-state index contributed by atoms with van der Waals surface area (Å²) in [5.41, 5.74) is -0.105. The lowest BCUT2D eigenvalue weighted by molar-refractivity contribution is 0.162. The van der Waals surface area contributed by atoms with E-state index in [4.69, 9.17) is 0 Å². The maximum atomic E-state index is 9.34. The third kappa shape index (κ3) is 5.68. The molecule has 1 fully saturated rings. The molecule has 0 bridgehead atoms. The van der Waals surface area contributed by atoms with Crippen molar-refractivity contribution in [3.05, 3.63) is 0 Å². The van der Waals surface area contributed by atoms with E-state index in [0.717, 1.165) is 25.3 Å². The van der Waals surface area contributed by atoms with Gasteiger partial charge in [0.2, 0.25) is 0 Å². The predicted molar refractivity (Wildman–Crippen MR) is 77.9 cm³/mol. The fourth-order valence-corrected chi connectivity index (χ4v) is 2.92. The molecule has 18 heavy (non-hydrogen) atoms. The van der Waals surface area contributed by atoms with Gasteiger partial charge in [0.1, 0.15) is 0 Å². The Morgan fingerprint density at radius 1 is 1.28 bits per heavy atom. The van der Waals surface area contributed by atoms with E-state index in [1.807, 2.05) is 7.05 Å². The second kappa shape index (κ2) is 8.13. The number of aliphatic hydroxyl groups is 1. The lowest BCUT2D eigenvalue weighted by Crippen LogP contribution is -2.43. The molecule has 108 valence electrons. The number of hydrogen-bond donors (Lipinski definition) is 2. The van der Waals surface area contributed by atoms with Gasteiger partial charge in [-0.3, -0.25) is 0 Å². The molecule has 0 aromatic rings. The number of nitrogens with one attached hydrogen (secondary N) is 1. The Morgan fingerprint density at radius 3 is 2.50 bits per heavy atom. The van der Waals surface area contributed by atoms with Crippen LogP contribution in [0.15, 0.2) is 0 Å². The van der Waals surface area contributed by atoms with Gasteiger partial charge in [0, 0.05) is 12.1 Å². The molecule has 1 saturated carbocycles. The zero-order chi connectivity index (χ0) is 13.4. The topological polar surface area (TPSA) is 35.5 Å². The molecule has 1 aliphatic carbocycles. The fourth-order valence-electron chi connectivity index (χ4n) is 2.92. The molecule has 0 aromatic heterocycles. The van der Waals surface area contributed by atoms with Crippen molar-refractivity contribution in [1.29, 1.82) is 0 Å². The zero-order valence-corrected chi connectivity index (χ0v) is 12.5. The number of likely N-dealkylation sites (N-methyl/N-ethyl adjacent to an activating group) is 1. The molecular formula is C15H32N2O. The van der Waals surface area contributed by atoms with Crippen LogP contribution in [0, 0.1) is 5.92 Å². The van der Waals surface area contributed by atoms with E-state index in [9.17, 15) is 5.11 Å². The summed E-state index contributed by atoms with van der Waals surface area (Å²) in [6, 6.07) is 0. The molecule has 2 N–H and O–H groups in total. The molecule has 0 spiro atoms. The van der Waals surface area contributed by atoms with Crippen molar-refractivity contribution in [2.75, 3.05) is 33.8 Å². The van der Waals surface area contributed by atoms with Gasteiger partial charge in [-0.15, -0.1) is 0 Å². The summed E-state index contributed by atoms with van der Waals surface area (Å²) in [6.45, 7) is 4.72. The maximum Gasteiger partial charge on any atom is 0.0610 e. The van der Waals surface area contributed by atoms with Gasteiger partial charge in [-0.05, 0) is 59.2 Å². The molecule has 0 saturated heterocycles. The van der Waals surface area contributed by atoms with Crippen LogP contribution in [-0.2, 0) is 0 Å². The third-order valence-electron chi connectivity index (χ3n) is 4.52. The highest BCUT2D eigenvalue weighted by atomic mass is 16.3. The zero-order valence-electron chi connectivity index (χ0n) is 12.5. The Morgan fingerprint density at radius 2 is 1.94 bits per heavy atom. The molecule has 1 rings (SSSR count). The molecule has 1 aliphatic rings. The lowest BCUT2D eigenvalue weighted by atomic mass is 9.89. The van der Waals surface area contributed by atoms with Crippen LogP contribution in [0.2, 0.25) is 0 Å². The molecule has 0 radical (unpaired) electrons. The van der Waals surface area contributed by atoms with E-state index in [-0.39, 0.29) is 12.1 Å². The molecule has 0 heterocycles. The van der Waals surface area contributed by atoms with Crippen molar-refractivity contribution in [2.45, 2.75) is 57.4 Å². The van der Waals surface area contributed by atoms with Gasteiger partial charge in [-0.1, -0.05) is 19.3 Å². The van der Waals surface area contributed by atoms with Crippen molar-refractivity contribution in [1.82, 2.24) is 10.2 Å². The first kappa shape index (κ1) is 15.9. The van der Waals surface area contributed by atoms with Gasteiger partial charge >= 0.3 is 0 Å². The van der Waals surface area contributed by atoms with Gasteiger partial charge in [0.15, 0.2) is 0 Å². The molecule has 1 atom stereocenters. The summed E-state index contributed by atoms with van der Waals surface area (Å²) in [4.78, 5) is 2.48. The normalized spacial score (nSPS) is 21.2. The van der Waals surface area contributed by atoms with Crippen LogP contribution >= 0.6 is 0 Å². The number of aliphatic hydroxyl groups excluding tert-OH is 1. The summed E-state index contributed by atoms with van der Waals surface area (Å²) >= 11 is 0. The predicted octanol–water partition coefficient (Wildman–Crippen LogP) is 2.25. The van der Waals surface area contributed by atoms with E-state index < -0.39 is 0 Å². The van der Waals surface area contributed by atoms with Gasteiger partial charge in [0.05, 0.1) is 6.61 Å². The van der Waals surface area contributed by atoms with Crippen LogP contribution < -0.4 is 5.32 Å². The van der Waals surface area contributed by atoms with E-state index in [1.165, 1.54) is 38.6 Å². The van der Waals surface area contributed by atoms with Crippen LogP contribution in [0.1, 0.15) is 51.9 Å². The number of nitrogens with zero attached hydrogens (tertiary/aromatic N) is 1. The lowest BCUT2D eigenvalue weighted by Gasteiger charge is -2.30. The highest BCUT2D eigenvalue weighted by molar-refractivity contribution is 4.80. The van der Waals surface area contributed by atoms with E-state index in [2.05, 4.69) is 24.2 Å². The molecule has 0 aliphatic heterocycles. The standard InChI is InChI=1S/C15H32N2O/c1-15(13-18,16-2)10-7-11-17(3)12-14-8-5-4-6-9-14/h14,16,18H,4-13H2,1-3H3. The smallest absolute Gasteiger partial charge is 0.0610 e. The van der Waals surface area contributed by atoms with E-state index in [1.54, 1.807) is 0 Å². The Balaban J connectivity index is 2.14. The quantitative estimate of drug-likeness (QED) is 0.699. The van der Waals surface area contributed by atoms with Crippen molar-refractivity contribution in [2.24, 2.45) is 5.92 Å². The van der Waals surface area contributed by atoms with Crippen molar-refractivity contribution >= 4 is 0 Å². The van der Waals surface area contributed by atoms with Crippen molar-refractivity contribution in [3.8, 4) is 0 Å². The Labute approximate surface area is 113 Å². The summed E-state index contributed by atoms with van der Waals surface area (Å²) in [5.74, 6) is 0.928. The Kier molecular flexibility index (Phi) is 7.20. The molecule has 0 aromatic carbocycles. The van der Waals surface area contributed by atoms with Gasteiger partial charge in [-0.25, -0.2) is 0 Å². The second-order valence-corrected chi connectivity index (χ2v) is 6.34. The maximum absolute atomic E-state index is 9.34. The summed E-state index contributed by atoms with van der Waals surface area (Å²) < 4.78 is 0. The molecule has 3 heteroatoms. The van der Waals surface area contributed by atoms with E-state index in [0.29, 0.717) is 0 Å². The first-order chi connectivity index (χ1) is 8.59. The molecule has 0 amide bonds. The Hall–Kier alpha value is -0.120. The third-order valence-corrected chi connectivity index (χ3v) is 4.52. The molecule has 3 nitrogen and oxygen atoms in total. The first-order valence-electron chi connectivity index (χ1n) is 7.58. The van der Waals surface area contributed by atoms with Gasteiger partial charge in [0.25, 0.3) is 0 Å². The summed E-state index contributed by atoms with van der Waals surface area (Å²) in [5, 5.41) is 12.6. The molecule has 1 unspecified atom stereocenters. The van der Waals surface area contributed by atoms with Crippen LogP contribution in [-0.4, -0.2) is 49.3 Å². The summed E-state index contributed by atoms with van der Waals surface area (Å²) in [7, 11) is 4.17. The number of rotatable bonds is 8. The van der Waals surface area contributed by atoms with Crippen LogP contribution in [0.3, 0.4) is 0 Å². The minimum atomic E-state index is -0.105. The van der Waals surface area contributed by atoms with Gasteiger partial charge in [-0.2, -0.15) is 0 Å². The Bertz CT molecular complexity index is 211.